The van der Waals surface area contributed by atoms with Crippen molar-refractivity contribution in [3.05, 3.63) is 169 Å². The Morgan fingerprint density at radius 1 is 0.475 bits per heavy atom. The maximum Gasteiger partial charge on any atom is 0.160 e. The number of fused-ring (bicyclic) bond motifs is 10. The van der Waals surface area contributed by atoms with Crippen LogP contribution in [0.4, 0.5) is 0 Å². The molecular weight excluding hydrogens is 733 g/mol. The largest absolute Gasteiger partial charge is 0.226 e. The van der Waals surface area contributed by atoms with Gasteiger partial charge in [-0.25, -0.2) is 9.97 Å². The van der Waals surface area contributed by atoms with E-state index in [9.17, 15) is 0 Å². The highest BCUT2D eigenvalue weighted by Crippen LogP contribution is 2.69. The molecule has 4 fully saturated rings. The van der Waals surface area contributed by atoms with E-state index in [0.29, 0.717) is 0 Å². The van der Waals surface area contributed by atoms with Gasteiger partial charge in [0.15, 0.2) is 5.82 Å². The Kier molecular flexibility index (Phi) is 6.64. The molecule has 4 bridgehead atoms. The van der Waals surface area contributed by atoms with E-state index in [1.807, 2.05) is 11.3 Å². The van der Waals surface area contributed by atoms with E-state index in [-0.39, 0.29) is 5.41 Å². The van der Waals surface area contributed by atoms with E-state index in [2.05, 4.69) is 158 Å². The fourth-order valence-corrected chi connectivity index (χ4v) is 14.4. The van der Waals surface area contributed by atoms with Crippen LogP contribution < -0.4 is 0 Å². The Bertz CT molecular complexity index is 3330. The number of hydrogen-bond acceptors (Lipinski definition) is 3. The van der Waals surface area contributed by atoms with E-state index in [4.69, 9.17) is 9.97 Å². The molecule has 2 heterocycles. The standard InChI is InChI=1S/C56H40N2S/c1-2-13-35(14-3-1)55-57-52(54-53(58-55)51-39-15-5-4-12-34(39)23-25-48(51)59-54)50-44-19-8-6-17-42(44)49(43-18-7-9-20-45(43)50)36-22-24-41-40-16-10-11-21-46(40)56(47(41)31-36)37-27-32-26-33(29-37)30-38(56)28-32/h1-25,31-33,37-38H,26-30H2. The lowest BCUT2D eigenvalue weighted by Gasteiger charge is -2.61. The van der Waals surface area contributed by atoms with Crippen LogP contribution in [0.15, 0.2) is 158 Å². The van der Waals surface area contributed by atoms with Crippen molar-refractivity contribution in [3.63, 3.8) is 0 Å². The summed E-state index contributed by atoms with van der Waals surface area (Å²) in [6.45, 7) is 0. The minimum absolute atomic E-state index is 0.118. The summed E-state index contributed by atoms with van der Waals surface area (Å²) >= 11 is 1.83. The molecule has 0 unspecified atom stereocenters. The molecule has 59 heavy (non-hydrogen) atoms. The highest BCUT2D eigenvalue weighted by molar-refractivity contribution is 7.26. The predicted octanol–water partition coefficient (Wildman–Crippen LogP) is 15.0. The van der Waals surface area contributed by atoms with Gasteiger partial charge < -0.3 is 0 Å². The van der Waals surface area contributed by atoms with Crippen LogP contribution in [0.1, 0.15) is 43.2 Å². The molecule has 0 aliphatic heterocycles. The first-order valence-corrected chi connectivity index (χ1v) is 22.4. The zero-order valence-corrected chi connectivity index (χ0v) is 33.5. The van der Waals surface area contributed by atoms with Gasteiger partial charge in [-0.05, 0) is 134 Å². The minimum atomic E-state index is 0.118. The molecule has 0 radical (unpaired) electrons. The molecule has 5 aliphatic carbocycles. The van der Waals surface area contributed by atoms with Gasteiger partial charge in [-0.2, -0.15) is 0 Å². The van der Waals surface area contributed by atoms with Crippen LogP contribution in [-0.4, -0.2) is 9.97 Å². The molecule has 15 rings (SSSR count). The van der Waals surface area contributed by atoms with Crippen molar-refractivity contribution in [1.29, 1.82) is 0 Å². The Morgan fingerprint density at radius 3 is 1.81 bits per heavy atom. The van der Waals surface area contributed by atoms with E-state index < -0.39 is 0 Å². The molecule has 4 saturated carbocycles. The molecule has 0 saturated heterocycles. The van der Waals surface area contributed by atoms with Crippen LogP contribution in [-0.2, 0) is 5.41 Å². The topological polar surface area (TPSA) is 25.8 Å². The van der Waals surface area contributed by atoms with Gasteiger partial charge in [-0.15, -0.1) is 11.3 Å². The molecule has 10 aromatic rings. The molecule has 3 heteroatoms. The van der Waals surface area contributed by atoms with Gasteiger partial charge in [0.05, 0.1) is 15.9 Å². The van der Waals surface area contributed by atoms with Crippen molar-refractivity contribution in [2.24, 2.45) is 23.7 Å². The van der Waals surface area contributed by atoms with Crippen molar-refractivity contribution in [2.45, 2.75) is 37.5 Å². The quantitative estimate of drug-likeness (QED) is 0.167. The lowest BCUT2D eigenvalue weighted by atomic mass is 9.43. The summed E-state index contributed by atoms with van der Waals surface area (Å²) in [6.07, 6.45) is 7.01. The van der Waals surface area contributed by atoms with Crippen LogP contribution in [0.3, 0.4) is 0 Å². The lowest BCUT2D eigenvalue weighted by Crippen LogP contribution is -2.55. The number of benzene rings is 8. The Hall–Kier alpha value is -6.16. The average Bonchev–Trinajstić information content (AvgIpc) is 3.81. The summed E-state index contributed by atoms with van der Waals surface area (Å²) < 4.78 is 2.38. The summed E-state index contributed by atoms with van der Waals surface area (Å²) in [5, 5.41) is 8.69. The van der Waals surface area contributed by atoms with Crippen LogP contribution in [0.25, 0.3) is 97.5 Å². The first-order chi connectivity index (χ1) is 29.2. The molecule has 8 aromatic carbocycles. The smallest absolute Gasteiger partial charge is 0.160 e. The van der Waals surface area contributed by atoms with Crippen LogP contribution in [0.5, 0.6) is 0 Å². The highest BCUT2D eigenvalue weighted by Gasteiger charge is 2.61. The second kappa shape index (κ2) is 12.0. The van der Waals surface area contributed by atoms with Crippen molar-refractivity contribution < 1.29 is 0 Å². The zero-order chi connectivity index (χ0) is 38.4. The molecule has 280 valence electrons. The third kappa shape index (κ3) is 4.36. The van der Waals surface area contributed by atoms with Gasteiger partial charge in [0.1, 0.15) is 0 Å². The summed E-state index contributed by atoms with van der Waals surface area (Å²) in [4.78, 5) is 11.0. The lowest BCUT2D eigenvalue weighted by molar-refractivity contribution is -0.0399. The second-order valence-electron chi connectivity index (χ2n) is 18.0. The number of thiophene rings is 1. The first-order valence-electron chi connectivity index (χ1n) is 21.6. The summed E-state index contributed by atoms with van der Waals surface area (Å²) in [7, 11) is 0. The Labute approximate surface area is 347 Å². The fourth-order valence-electron chi connectivity index (χ4n) is 13.3. The molecule has 1 spiro atoms. The normalized spacial score (nSPS) is 22.6. The monoisotopic (exact) mass is 772 g/mol. The van der Waals surface area contributed by atoms with Gasteiger partial charge in [-0.3, -0.25) is 0 Å². The van der Waals surface area contributed by atoms with E-state index in [0.717, 1.165) is 51.0 Å². The third-order valence-electron chi connectivity index (χ3n) is 15.2. The van der Waals surface area contributed by atoms with Crippen molar-refractivity contribution >= 4 is 64.0 Å². The number of nitrogens with zero attached hydrogens (tertiary/aromatic N) is 2. The molecule has 5 aliphatic rings. The minimum Gasteiger partial charge on any atom is -0.226 e. The van der Waals surface area contributed by atoms with E-state index in [1.54, 1.807) is 11.1 Å². The van der Waals surface area contributed by atoms with Crippen LogP contribution >= 0.6 is 11.3 Å². The number of hydrogen-bond donors (Lipinski definition) is 0. The molecule has 0 amide bonds. The number of aromatic nitrogens is 2. The molecule has 0 N–H and O–H groups in total. The summed E-state index contributed by atoms with van der Waals surface area (Å²) in [5.41, 5.74) is 13.2. The maximum absolute atomic E-state index is 5.59. The van der Waals surface area contributed by atoms with Gasteiger partial charge in [-0.1, -0.05) is 146 Å². The number of rotatable bonds is 3. The molecular formula is C56H40N2S. The van der Waals surface area contributed by atoms with Gasteiger partial charge in [0.2, 0.25) is 0 Å². The van der Waals surface area contributed by atoms with E-state index >= 15 is 0 Å². The van der Waals surface area contributed by atoms with Crippen molar-refractivity contribution in [2.75, 3.05) is 0 Å². The van der Waals surface area contributed by atoms with Gasteiger partial charge in [0, 0.05) is 26.6 Å². The molecule has 2 aromatic heterocycles. The average molecular weight is 773 g/mol. The first kappa shape index (κ1) is 32.8. The fraction of sp³-hybridized carbons (Fsp3) is 0.179. The molecule has 2 nitrogen and oxygen atoms in total. The van der Waals surface area contributed by atoms with Crippen molar-refractivity contribution in [1.82, 2.24) is 9.97 Å². The van der Waals surface area contributed by atoms with Crippen LogP contribution in [0.2, 0.25) is 0 Å². The maximum atomic E-state index is 5.59. The Balaban J connectivity index is 1.06. The second-order valence-corrected chi connectivity index (χ2v) is 19.1. The zero-order valence-electron chi connectivity index (χ0n) is 32.7. The SMILES string of the molecule is c1ccc(-c2nc(-c3c4ccccc4c(-c4ccc5c(c4)C4(c6ccccc6-5)C5CC6CC(C5)CC4C6)c4ccccc34)c3sc4ccc5ccccc5c4c3n2)cc1. The van der Waals surface area contributed by atoms with Crippen molar-refractivity contribution in [3.8, 4) is 44.9 Å². The summed E-state index contributed by atoms with van der Waals surface area (Å²) in [6, 6.07) is 59.1. The predicted molar refractivity (Wildman–Crippen MR) is 247 cm³/mol. The Morgan fingerprint density at radius 2 is 1.08 bits per heavy atom. The third-order valence-corrected chi connectivity index (χ3v) is 16.4. The van der Waals surface area contributed by atoms with Gasteiger partial charge in [0.25, 0.3) is 0 Å². The highest BCUT2D eigenvalue weighted by atomic mass is 32.1. The molecule has 0 atom stereocenters. The summed E-state index contributed by atoms with van der Waals surface area (Å²) in [5.74, 6) is 4.04. The van der Waals surface area contributed by atoms with E-state index in [1.165, 1.54) is 102 Å². The van der Waals surface area contributed by atoms with Crippen LogP contribution in [0, 0.1) is 23.7 Å². The van der Waals surface area contributed by atoms with Gasteiger partial charge >= 0.3 is 0 Å².